The van der Waals surface area contributed by atoms with Crippen molar-refractivity contribution in [3.05, 3.63) is 79.8 Å². The largest absolute Gasteiger partial charge is 0.353 e. The van der Waals surface area contributed by atoms with E-state index in [2.05, 4.69) is 15.5 Å². The zero-order chi connectivity index (χ0) is 28.0. The maximum absolute atomic E-state index is 12.1. The molecule has 3 rings (SSSR count). The maximum atomic E-state index is 12.1. The van der Waals surface area contributed by atoms with Crippen molar-refractivity contribution in [1.82, 2.24) is 15.5 Å². The number of nitrogens with zero attached hydrogens (tertiary/aromatic N) is 1. The first-order valence-corrected chi connectivity index (χ1v) is 14.9. The minimum atomic E-state index is -0.109. The Morgan fingerprint density at radius 1 is 0.744 bits per heavy atom. The maximum Gasteiger partial charge on any atom is 0.243 e. The number of unbranched alkanes of at least 4 members (excludes halogenated alkanes) is 2. The summed E-state index contributed by atoms with van der Waals surface area (Å²) in [5.74, 6) is 0.437. The summed E-state index contributed by atoms with van der Waals surface area (Å²) in [5.41, 5.74) is 1.67. The Hall–Kier alpha value is -2.02. The summed E-state index contributed by atoms with van der Waals surface area (Å²) in [5, 5.41) is 7.84. The number of amides is 2. The van der Waals surface area contributed by atoms with Crippen LogP contribution in [0.5, 0.6) is 0 Å². The van der Waals surface area contributed by atoms with Crippen LogP contribution in [0.4, 0.5) is 0 Å². The number of carbonyl (C=O) groups is 2. The SMILES string of the molecule is O=C(/C=C/c1ccc(Cl)c(Cl)c1)NCCCCCN1CCC(CCNC(=O)/C=C/c2ccc(Cl)c(Cl)c2)CC1. The summed E-state index contributed by atoms with van der Waals surface area (Å²) in [6.45, 7) is 4.65. The molecule has 0 spiro atoms. The Bertz CT molecular complexity index is 1160. The van der Waals surface area contributed by atoms with Gasteiger partial charge < -0.3 is 15.5 Å². The number of hydrogen-bond acceptors (Lipinski definition) is 3. The number of halogens is 4. The highest BCUT2D eigenvalue weighted by atomic mass is 35.5. The zero-order valence-corrected chi connectivity index (χ0v) is 24.9. The molecule has 2 N–H and O–H groups in total. The topological polar surface area (TPSA) is 61.4 Å². The predicted molar refractivity (Wildman–Crippen MR) is 165 cm³/mol. The van der Waals surface area contributed by atoms with Crippen molar-refractivity contribution in [3.63, 3.8) is 0 Å². The molecule has 0 radical (unpaired) electrons. The molecule has 9 heteroatoms. The molecule has 0 saturated carbocycles. The van der Waals surface area contributed by atoms with Gasteiger partial charge in [-0.3, -0.25) is 9.59 Å². The fourth-order valence-corrected chi connectivity index (χ4v) is 5.05. The van der Waals surface area contributed by atoms with Gasteiger partial charge in [0.2, 0.25) is 11.8 Å². The van der Waals surface area contributed by atoms with Crippen LogP contribution in [0, 0.1) is 5.92 Å². The molecular weight excluding hydrogens is 576 g/mol. The molecule has 0 aromatic heterocycles. The van der Waals surface area contributed by atoms with Gasteiger partial charge >= 0.3 is 0 Å². The Balaban J connectivity index is 1.19. The van der Waals surface area contributed by atoms with Crippen molar-refractivity contribution in [2.45, 2.75) is 38.5 Å². The van der Waals surface area contributed by atoms with Crippen LogP contribution in [0.1, 0.15) is 49.7 Å². The van der Waals surface area contributed by atoms with E-state index >= 15 is 0 Å². The van der Waals surface area contributed by atoms with E-state index in [9.17, 15) is 9.59 Å². The molecule has 2 aromatic rings. The van der Waals surface area contributed by atoms with Crippen molar-refractivity contribution in [3.8, 4) is 0 Å². The number of likely N-dealkylation sites (tertiary alicyclic amines) is 1. The summed E-state index contributed by atoms with van der Waals surface area (Å²) >= 11 is 23.8. The van der Waals surface area contributed by atoms with Gasteiger partial charge in [-0.2, -0.15) is 0 Å². The third-order valence-electron chi connectivity index (χ3n) is 6.75. The van der Waals surface area contributed by atoms with Crippen LogP contribution in [-0.4, -0.2) is 49.4 Å². The highest BCUT2D eigenvalue weighted by Gasteiger charge is 2.18. The summed E-state index contributed by atoms with van der Waals surface area (Å²) < 4.78 is 0. The van der Waals surface area contributed by atoms with Gasteiger partial charge in [-0.15, -0.1) is 0 Å². The van der Waals surface area contributed by atoms with Gasteiger partial charge in [-0.05, 0) is 105 Å². The van der Waals surface area contributed by atoms with E-state index in [1.54, 1.807) is 36.4 Å². The van der Waals surface area contributed by atoms with Crippen molar-refractivity contribution in [2.75, 3.05) is 32.7 Å². The van der Waals surface area contributed by atoms with Gasteiger partial charge in [0.05, 0.1) is 20.1 Å². The highest BCUT2D eigenvalue weighted by molar-refractivity contribution is 6.42. The van der Waals surface area contributed by atoms with Crippen LogP contribution in [0.25, 0.3) is 12.2 Å². The van der Waals surface area contributed by atoms with Crippen LogP contribution in [0.15, 0.2) is 48.6 Å². The van der Waals surface area contributed by atoms with E-state index in [-0.39, 0.29) is 11.8 Å². The Labute approximate surface area is 251 Å². The van der Waals surface area contributed by atoms with Crippen molar-refractivity contribution >= 4 is 70.4 Å². The summed E-state index contributed by atoms with van der Waals surface area (Å²) in [4.78, 5) is 26.6. The normalized spacial score (nSPS) is 14.8. The molecule has 1 aliphatic rings. The molecule has 1 saturated heterocycles. The molecule has 0 atom stereocenters. The van der Waals surface area contributed by atoms with E-state index in [4.69, 9.17) is 46.4 Å². The second kappa shape index (κ2) is 16.9. The van der Waals surface area contributed by atoms with Crippen LogP contribution in [-0.2, 0) is 9.59 Å². The van der Waals surface area contributed by atoms with E-state index in [0.717, 1.165) is 69.3 Å². The number of nitrogens with one attached hydrogen (secondary N) is 2. The summed E-state index contributed by atoms with van der Waals surface area (Å²) in [7, 11) is 0. The van der Waals surface area contributed by atoms with Crippen molar-refractivity contribution < 1.29 is 9.59 Å². The lowest BCUT2D eigenvalue weighted by Gasteiger charge is -2.32. The molecule has 210 valence electrons. The Morgan fingerprint density at radius 2 is 1.28 bits per heavy atom. The molecule has 1 aliphatic heterocycles. The lowest BCUT2D eigenvalue weighted by Crippen LogP contribution is -2.35. The quantitative estimate of drug-likeness (QED) is 0.182. The number of carbonyl (C=O) groups excluding carboxylic acids is 2. The molecule has 0 bridgehead atoms. The molecular formula is C30H35Cl4N3O2. The standard InChI is InChI=1S/C30H35Cl4N3O2/c31-25-8-4-23(20-27(25)33)6-10-29(38)35-15-2-1-3-17-37-18-13-22(14-19-37)12-16-36-30(39)11-7-24-5-9-26(32)28(34)21-24/h4-11,20-22H,1-3,12-19H2,(H,35,38)(H,36,39)/b10-6+,11-7+. The van der Waals surface area contributed by atoms with Gasteiger partial charge in [0.25, 0.3) is 0 Å². The van der Waals surface area contributed by atoms with E-state index in [1.807, 2.05) is 12.1 Å². The molecule has 39 heavy (non-hydrogen) atoms. The first-order valence-electron chi connectivity index (χ1n) is 13.3. The third-order valence-corrected chi connectivity index (χ3v) is 8.23. The van der Waals surface area contributed by atoms with Crippen molar-refractivity contribution in [2.24, 2.45) is 5.92 Å². The molecule has 2 amide bonds. The van der Waals surface area contributed by atoms with Crippen molar-refractivity contribution in [1.29, 1.82) is 0 Å². The molecule has 1 heterocycles. The molecule has 0 unspecified atom stereocenters. The Kier molecular flexibility index (Phi) is 13.7. The monoisotopic (exact) mass is 609 g/mol. The summed E-state index contributed by atoms with van der Waals surface area (Å²) in [6, 6.07) is 10.5. The van der Waals surface area contributed by atoms with E-state index < -0.39 is 0 Å². The lowest BCUT2D eigenvalue weighted by atomic mass is 9.93. The average molecular weight is 611 g/mol. The van der Waals surface area contributed by atoms with Gasteiger partial charge in [0, 0.05) is 25.2 Å². The van der Waals surface area contributed by atoms with Crippen LogP contribution < -0.4 is 10.6 Å². The van der Waals surface area contributed by atoms with Gasteiger partial charge in [0.1, 0.15) is 0 Å². The minimum Gasteiger partial charge on any atom is -0.353 e. The molecule has 2 aromatic carbocycles. The van der Waals surface area contributed by atoms with E-state index in [1.165, 1.54) is 12.2 Å². The fourth-order valence-electron chi connectivity index (χ4n) is 4.44. The lowest BCUT2D eigenvalue weighted by molar-refractivity contribution is -0.117. The highest BCUT2D eigenvalue weighted by Crippen LogP contribution is 2.24. The van der Waals surface area contributed by atoms with Gasteiger partial charge in [-0.25, -0.2) is 0 Å². The first kappa shape index (κ1) is 31.5. The summed E-state index contributed by atoms with van der Waals surface area (Å²) in [6.07, 6.45) is 13.0. The zero-order valence-electron chi connectivity index (χ0n) is 21.9. The predicted octanol–water partition coefficient (Wildman–Crippen LogP) is 7.53. The molecule has 5 nitrogen and oxygen atoms in total. The van der Waals surface area contributed by atoms with Crippen LogP contribution in [0.2, 0.25) is 20.1 Å². The average Bonchev–Trinajstić information content (AvgIpc) is 2.92. The fraction of sp³-hybridized carbons (Fsp3) is 0.400. The third kappa shape index (κ3) is 11.9. The second-order valence-corrected chi connectivity index (χ2v) is 11.4. The smallest absolute Gasteiger partial charge is 0.243 e. The number of hydrogen-bond donors (Lipinski definition) is 2. The molecule has 1 fully saturated rings. The number of piperidine rings is 1. The van der Waals surface area contributed by atoms with Crippen LogP contribution in [0.3, 0.4) is 0 Å². The van der Waals surface area contributed by atoms with Gasteiger partial charge in [0.15, 0.2) is 0 Å². The van der Waals surface area contributed by atoms with Gasteiger partial charge in [-0.1, -0.05) is 65.0 Å². The minimum absolute atomic E-state index is 0.0998. The Morgan fingerprint density at radius 3 is 1.82 bits per heavy atom. The first-order chi connectivity index (χ1) is 18.8. The molecule has 0 aliphatic carbocycles. The van der Waals surface area contributed by atoms with E-state index in [0.29, 0.717) is 39.1 Å². The second-order valence-electron chi connectivity index (χ2n) is 9.73. The number of rotatable bonds is 13. The van der Waals surface area contributed by atoms with Crippen LogP contribution >= 0.6 is 46.4 Å². The number of benzene rings is 2.